The fourth-order valence-corrected chi connectivity index (χ4v) is 9.47. The Kier molecular flexibility index (Phi) is 7.65. The number of hydrogen-bond donors (Lipinski definition) is 2. The van der Waals surface area contributed by atoms with E-state index >= 15 is 0 Å². The van der Waals surface area contributed by atoms with Gasteiger partial charge >= 0.3 is 0 Å². The molecule has 2 heteroatoms. The molecule has 3 fully saturated rings. The lowest BCUT2D eigenvalue weighted by Gasteiger charge is -2.48. The van der Waals surface area contributed by atoms with Gasteiger partial charge in [0.2, 0.25) is 0 Å². The molecule has 2 nitrogen and oxygen atoms in total. The summed E-state index contributed by atoms with van der Waals surface area (Å²) in [4.78, 5) is 0. The Morgan fingerprint density at radius 2 is 1.58 bits per heavy atom. The van der Waals surface area contributed by atoms with Gasteiger partial charge in [0.05, 0.1) is 0 Å². The lowest BCUT2D eigenvalue weighted by molar-refractivity contribution is 0.0198. The predicted molar refractivity (Wildman–Crippen MR) is 136 cm³/mol. The molecule has 9 unspecified atom stereocenters. The summed E-state index contributed by atoms with van der Waals surface area (Å²) >= 11 is 0. The highest BCUT2D eigenvalue weighted by molar-refractivity contribution is 5.24. The largest absolute Gasteiger partial charge is 0.330 e. The quantitative estimate of drug-likeness (QED) is 0.476. The molecule has 0 spiro atoms. The summed E-state index contributed by atoms with van der Waals surface area (Å²) in [6.07, 6.45) is 8.03. The van der Waals surface area contributed by atoms with E-state index in [2.05, 4.69) is 62.3 Å². The van der Waals surface area contributed by atoms with Gasteiger partial charge in [-0.15, -0.1) is 0 Å². The first-order valence-corrected chi connectivity index (χ1v) is 13.9. The SMILES string of the molecule is CCC[C@@H]1CC(C)(C)CC(CN)C(C(C)C(C)C)C(C)C2CCC3C(C(C)C)C3(N)C21. The van der Waals surface area contributed by atoms with Crippen molar-refractivity contribution in [3.05, 3.63) is 0 Å². The fourth-order valence-electron chi connectivity index (χ4n) is 9.47. The van der Waals surface area contributed by atoms with E-state index in [1.54, 1.807) is 0 Å². The van der Waals surface area contributed by atoms with Crippen molar-refractivity contribution in [1.82, 2.24) is 0 Å². The minimum atomic E-state index is 0.0927. The van der Waals surface area contributed by atoms with Crippen LogP contribution in [-0.2, 0) is 0 Å². The Morgan fingerprint density at radius 3 is 2.10 bits per heavy atom. The van der Waals surface area contributed by atoms with Crippen molar-refractivity contribution in [3.63, 3.8) is 0 Å². The Labute approximate surface area is 195 Å². The highest BCUT2D eigenvalue weighted by atomic mass is 15.0. The molecule has 10 atom stereocenters. The first-order chi connectivity index (χ1) is 14.4. The average Bonchev–Trinajstić information content (AvgIpc) is 3.29. The predicted octanol–water partition coefficient (Wildman–Crippen LogP) is 6.97. The van der Waals surface area contributed by atoms with Crippen LogP contribution in [-0.4, -0.2) is 12.1 Å². The van der Waals surface area contributed by atoms with Crippen LogP contribution in [0.4, 0.5) is 0 Å². The molecule has 0 heterocycles. The van der Waals surface area contributed by atoms with Crippen LogP contribution in [0, 0.1) is 70.5 Å². The molecule has 0 aromatic carbocycles. The van der Waals surface area contributed by atoms with Gasteiger partial charge in [0.1, 0.15) is 0 Å². The van der Waals surface area contributed by atoms with Crippen molar-refractivity contribution >= 4 is 0 Å². The Balaban J connectivity index is 2.10. The van der Waals surface area contributed by atoms with E-state index in [0.717, 1.165) is 36.1 Å². The van der Waals surface area contributed by atoms with Crippen molar-refractivity contribution in [2.45, 2.75) is 106 Å². The first-order valence-electron chi connectivity index (χ1n) is 13.9. The van der Waals surface area contributed by atoms with Crippen LogP contribution in [0.15, 0.2) is 0 Å². The van der Waals surface area contributed by atoms with Crippen LogP contribution < -0.4 is 11.5 Å². The topological polar surface area (TPSA) is 52.0 Å². The van der Waals surface area contributed by atoms with Crippen molar-refractivity contribution in [1.29, 1.82) is 0 Å². The monoisotopic (exact) mass is 432 g/mol. The van der Waals surface area contributed by atoms with Crippen molar-refractivity contribution in [3.8, 4) is 0 Å². The third-order valence-corrected chi connectivity index (χ3v) is 10.7. The highest BCUT2D eigenvalue weighted by Gasteiger charge is 2.71. The smallest absolute Gasteiger partial charge is 0.0254 e. The number of fused-ring (bicyclic) bond motifs is 3. The third-order valence-electron chi connectivity index (χ3n) is 10.7. The summed E-state index contributed by atoms with van der Waals surface area (Å²) in [5.74, 6) is 7.98. The molecule has 0 amide bonds. The standard InChI is InChI=1S/C29H56N2/c1-10-11-21-14-28(8,9)15-22(16-30)25(19(6)17(2)3)20(7)23-12-13-24-26(18(4)5)29(24,31)27(21)23/h17-27H,10-16,30-31H2,1-9H3/t19?,20?,21-,22?,23?,24?,25?,26?,27?,29?/m1/s1. The molecular weight excluding hydrogens is 376 g/mol. The van der Waals surface area contributed by atoms with E-state index in [9.17, 15) is 0 Å². The molecule has 0 saturated heterocycles. The van der Waals surface area contributed by atoms with Gasteiger partial charge in [-0.1, -0.05) is 75.2 Å². The van der Waals surface area contributed by atoms with E-state index in [1.807, 2.05) is 0 Å². The fraction of sp³-hybridized carbons (Fsp3) is 1.00. The molecule has 182 valence electrons. The van der Waals surface area contributed by atoms with Crippen LogP contribution in [0.3, 0.4) is 0 Å². The van der Waals surface area contributed by atoms with Gasteiger partial charge in [-0.3, -0.25) is 0 Å². The third kappa shape index (κ3) is 4.51. The first kappa shape index (κ1) is 25.5. The zero-order valence-corrected chi connectivity index (χ0v) is 22.5. The van der Waals surface area contributed by atoms with Gasteiger partial charge in [0, 0.05) is 5.54 Å². The summed E-state index contributed by atoms with van der Waals surface area (Å²) in [5, 5.41) is 0. The number of nitrogens with two attached hydrogens (primary N) is 2. The summed E-state index contributed by atoms with van der Waals surface area (Å²) < 4.78 is 0. The maximum atomic E-state index is 7.52. The molecule has 4 N–H and O–H groups in total. The van der Waals surface area contributed by atoms with Crippen LogP contribution in [0.5, 0.6) is 0 Å². The van der Waals surface area contributed by atoms with E-state index in [-0.39, 0.29) is 5.54 Å². The van der Waals surface area contributed by atoms with Crippen LogP contribution in [0.2, 0.25) is 0 Å². The zero-order chi connectivity index (χ0) is 23.3. The molecular formula is C29H56N2. The van der Waals surface area contributed by atoms with Gasteiger partial charge in [0.15, 0.2) is 0 Å². The van der Waals surface area contributed by atoms with Crippen molar-refractivity contribution in [2.24, 2.45) is 82.0 Å². The van der Waals surface area contributed by atoms with Gasteiger partial charge in [-0.05, 0) is 103 Å². The molecule has 0 aliphatic heterocycles. The summed E-state index contributed by atoms with van der Waals surface area (Å²) in [6.45, 7) is 23.2. The molecule has 3 aliphatic rings. The van der Waals surface area contributed by atoms with Crippen LogP contribution in [0.25, 0.3) is 0 Å². The summed E-state index contributed by atoms with van der Waals surface area (Å²) in [6, 6.07) is 0. The summed E-state index contributed by atoms with van der Waals surface area (Å²) in [7, 11) is 0. The Bertz CT molecular complexity index is 596. The van der Waals surface area contributed by atoms with E-state index in [0.29, 0.717) is 40.9 Å². The summed E-state index contributed by atoms with van der Waals surface area (Å²) in [5.41, 5.74) is 14.5. The Morgan fingerprint density at radius 1 is 0.968 bits per heavy atom. The van der Waals surface area contributed by atoms with Gasteiger partial charge < -0.3 is 11.5 Å². The second kappa shape index (κ2) is 9.28. The zero-order valence-electron chi connectivity index (χ0n) is 22.5. The molecule has 3 rings (SSSR count). The minimum absolute atomic E-state index is 0.0927. The maximum absolute atomic E-state index is 7.52. The molecule has 3 saturated carbocycles. The molecule has 0 aromatic heterocycles. The van der Waals surface area contributed by atoms with E-state index in [1.165, 1.54) is 38.5 Å². The van der Waals surface area contributed by atoms with Gasteiger partial charge in [0.25, 0.3) is 0 Å². The van der Waals surface area contributed by atoms with E-state index < -0.39 is 0 Å². The van der Waals surface area contributed by atoms with E-state index in [4.69, 9.17) is 11.5 Å². The number of hydrogen-bond acceptors (Lipinski definition) is 2. The van der Waals surface area contributed by atoms with Crippen LogP contribution >= 0.6 is 0 Å². The van der Waals surface area contributed by atoms with Crippen molar-refractivity contribution < 1.29 is 0 Å². The highest BCUT2D eigenvalue weighted by Crippen LogP contribution is 2.68. The molecule has 0 bridgehead atoms. The number of rotatable bonds is 6. The molecule has 0 radical (unpaired) electrons. The Hall–Kier alpha value is -0.0800. The van der Waals surface area contributed by atoms with Gasteiger partial charge in [-0.25, -0.2) is 0 Å². The molecule has 31 heavy (non-hydrogen) atoms. The lowest BCUT2D eigenvalue weighted by atomic mass is 9.58. The van der Waals surface area contributed by atoms with Gasteiger partial charge in [-0.2, -0.15) is 0 Å². The normalized spacial score (nSPS) is 46.0. The maximum Gasteiger partial charge on any atom is 0.0254 e. The second-order valence-electron chi connectivity index (χ2n) is 13.8. The molecule has 0 aromatic rings. The second-order valence-corrected chi connectivity index (χ2v) is 13.8. The van der Waals surface area contributed by atoms with Crippen LogP contribution in [0.1, 0.15) is 101 Å². The van der Waals surface area contributed by atoms with Crippen molar-refractivity contribution in [2.75, 3.05) is 6.54 Å². The average molecular weight is 433 g/mol. The lowest BCUT2D eigenvalue weighted by Crippen LogP contribution is -2.51. The molecule has 3 aliphatic carbocycles. The minimum Gasteiger partial charge on any atom is -0.330 e.